The number of likely N-dealkylation sites (N-methyl/N-ethyl adjacent to an activating group) is 1. The molecule has 0 saturated carbocycles. The average molecular weight is 398 g/mol. The van der Waals surface area contributed by atoms with E-state index >= 15 is 0 Å². The zero-order chi connectivity index (χ0) is 17.1. The maximum Gasteiger partial charge on any atom is 0.340 e. The van der Waals surface area contributed by atoms with Crippen molar-refractivity contribution >= 4 is 47.3 Å². The normalized spacial score (nSPS) is 10.4. The Morgan fingerprint density at radius 3 is 2.17 bits per heavy atom. The van der Waals surface area contributed by atoms with Crippen LogP contribution in [0.3, 0.4) is 0 Å². The number of halogens is 3. The highest BCUT2D eigenvalue weighted by Crippen LogP contribution is 2.21. The Morgan fingerprint density at radius 1 is 1.04 bits per heavy atom. The van der Waals surface area contributed by atoms with Gasteiger partial charge in [-0.1, -0.05) is 26.0 Å². The summed E-state index contributed by atoms with van der Waals surface area (Å²) in [7, 11) is 0. The lowest BCUT2D eigenvalue weighted by Gasteiger charge is -2.25. The van der Waals surface area contributed by atoms with Crippen LogP contribution >= 0.6 is 35.6 Å². The molecule has 0 aliphatic carbocycles. The van der Waals surface area contributed by atoms with Gasteiger partial charge in [0.1, 0.15) is 6.61 Å². The van der Waals surface area contributed by atoms with E-state index in [9.17, 15) is 4.79 Å². The Kier molecular flexibility index (Phi) is 13.2. The Bertz CT molecular complexity index is 465. The third-order valence-corrected chi connectivity index (χ3v) is 4.05. The third kappa shape index (κ3) is 7.47. The van der Waals surface area contributed by atoms with Gasteiger partial charge in [0.25, 0.3) is 0 Å². The van der Waals surface area contributed by atoms with E-state index in [2.05, 4.69) is 18.7 Å². The average Bonchev–Trinajstić information content (AvgIpc) is 2.58. The van der Waals surface area contributed by atoms with Crippen molar-refractivity contribution in [1.29, 1.82) is 0 Å². The minimum atomic E-state index is -0.304. The highest BCUT2D eigenvalue weighted by Gasteiger charge is 2.17. The second kappa shape index (κ2) is 13.6. The molecule has 0 N–H and O–H groups in total. The van der Waals surface area contributed by atoms with Gasteiger partial charge in [-0.3, -0.25) is 0 Å². The topological polar surface area (TPSA) is 32.8 Å². The molecule has 4 nitrogen and oxygen atoms in total. The van der Waals surface area contributed by atoms with E-state index in [1.807, 2.05) is 23.1 Å². The zero-order valence-electron chi connectivity index (χ0n) is 14.3. The zero-order valence-corrected chi connectivity index (χ0v) is 16.7. The van der Waals surface area contributed by atoms with E-state index in [1.165, 1.54) is 0 Å². The van der Waals surface area contributed by atoms with E-state index in [0.29, 0.717) is 37.0 Å². The van der Waals surface area contributed by atoms with E-state index in [0.717, 1.165) is 25.3 Å². The summed E-state index contributed by atoms with van der Waals surface area (Å²) in [5.74, 6) is 0.645. The first-order valence-electron chi connectivity index (χ1n) is 8.03. The first-order valence-corrected chi connectivity index (χ1v) is 9.10. The number of benzene rings is 1. The van der Waals surface area contributed by atoms with E-state index in [1.54, 1.807) is 6.07 Å². The second-order valence-corrected chi connectivity index (χ2v) is 5.80. The number of anilines is 1. The Balaban J connectivity index is 0.00000529. The Labute approximate surface area is 161 Å². The fourth-order valence-corrected chi connectivity index (χ4v) is 2.77. The summed E-state index contributed by atoms with van der Waals surface area (Å²) in [6, 6.07) is 7.42. The molecule has 1 aromatic carbocycles. The van der Waals surface area contributed by atoms with Gasteiger partial charge in [0.2, 0.25) is 0 Å². The molecule has 138 valence electrons. The van der Waals surface area contributed by atoms with Crippen molar-refractivity contribution in [2.45, 2.75) is 13.8 Å². The van der Waals surface area contributed by atoms with Crippen LogP contribution in [0.1, 0.15) is 24.2 Å². The third-order valence-electron chi connectivity index (χ3n) is 3.71. The number of alkyl halides is 2. The van der Waals surface area contributed by atoms with Crippen LogP contribution in [0.25, 0.3) is 0 Å². The molecule has 0 amide bonds. The summed E-state index contributed by atoms with van der Waals surface area (Å²) in [6.07, 6.45) is 0. The van der Waals surface area contributed by atoms with Crippen molar-refractivity contribution in [3.63, 3.8) is 0 Å². The summed E-state index contributed by atoms with van der Waals surface area (Å²) in [4.78, 5) is 16.6. The fraction of sp³-hybridized carbons (Fsp3) is 0.588. The van der Waals surface area contributed by atoms with Crippen LogP contribution in [0.5, 0.6) is 0 Å². The number of carbonyl (C=O) groups is 1. The summed E-state index contributed by atoms with van der Waals surface area (Å²) < 4.78 is 5.44. The summed E-state index contributed by atoms with van der Waals surface area (Å²) in [5.41, 5.74) is 1.38. The van der Waals surface area contributed by atoms with Crippen LogP contribution in [0.2, 0.25) is 0 Å². The second-order valence-electron chi connectivity index (χ2n) is 5.04. The van der Waals surface area contributed by atoms with E-state index in [4.69, 9.17) is 27.9 Å². The molecule has 0 aliphatic heterocycles. The lowest BCUT2D eigenvalue weighted by atomic mass is 10.1. The highest BCUT2D eigenvalue weighted by molar-refractivity contribution is 6.18. The van der Waals surface area contributed by atoms with E-state index < -0.39 is 0 Å². The van der Waals surface area contributed by atoms with Crippen LogP contribution in [-0.4, -0.2) is 62.0 Å². The fourth-order valence-electron chi connectivity index (χ4n) is 2.36. The highest BCUT2D eigenvalue weighted by atomic mass is 35.5. The number of hydrogen-bond donors (Lipinski definition) is 0. The molecule has 0 heterocycles. The molecule has 7 heteroatoms. The van der Waals surface area contributed by atoms with Gasteiger partial charge in [-0.15, -0.1) is 35.6 Å². The lowest BCUT2D eigenvalue weighted by Crippen LogP contribution is -2.30. The molecular formula is C17H27Cl3N2O2. The Morgan fingerprint density at radius 2 is 1.62 bits per heavy atom. The molecule has 1 aromatic rings. The summed E-state index contributed by atoms with van der Waals surface area (Å²) in [5, 5.41) is 0. The van der Waals surface area contributed by atoms with Gasteiger partial charge in [-0.2, -0.15) is 0 Å². The quantitative estimate of drug-likeness (QED) is 0.419. The van der Waals surface area contributed by atoms with Crippen LogP contribution in [0.15, 0.2) is 24.3 Å². The molecule has 0 saturated heterocycles. The minimum absolute atomic E-state index is 0. The van der Waals surface area contributed by atoms with Crippen LogP contribution < -0.4 is 4.90 Å². The number of hydrogen-bond acceptors (Lipinski definition) is 4. The molecule has 0 bridgehead atoms. The standard InChI is InChI=1S/C17H26Cl2N2O2.ClH/c1-3-20(4-2)13-14-23-17(22)15-7-5-6-8-16(15)21(11-9-18)12-10-19;/h5-8H,3-4,9-14H2,1-2H3;1H. The molecule has 0 unspecified atom stereocenters. The van der Waals surface area contributed by atoms with Gasteiger partial charge < -0.3 is 14.5 Å². The molecule has 24 heavy (non-hydrogen) atoms. The van der Waals surface area contributed by atoms with Crippen LogP contribution in [0, 0.1) is 0 Å². The molecule has 0 aliphatic rings. The van der Waals surface area contributed by atoms with E-state index in [-0.39, 0.29) is 18.4 Å². The van der Waals surface area contributed by atoms with Gasteiger partial charge in [0.15, 0.2) is 0 Å². The SMILES string of the molecule is CCN(CC)CCOC(=O)c1ccccc1N(CCCl)CCCl.Cl. The molecule has 0 radical (unpaired) electrons. The van der Waals surface area contributed by atoms with Crippen molar-refractivity contribution in [2.75, 3.05) is 56.0 Å². The molecule has 1 rings (SSSR count). The maximum atomic E-state index is 12.4. The molecule has 0 atom stereocenters. The minimum Gasteiger partial charge on any atom is -0.461 e. The largest absolute Gasteiger partial charge is 0.461 e. The van der Waals surface area contributed by atoms with Crippen LogP contribution in [-0.2, 0) is 4.74 Å². The van der Waals surface area contributed by atoms with Gasteiger partial charge in [0, 0.05) is 31.4 Å². The van der Waals surface area contributed by atoms with Crippen molar-refractivity contribution < 1.29 is 9.53 Å². The first-order chi connectivity index (χ1) is 11.2. The van der Waals surface area contributed by atoms with Gasteiger partial charge in [0.05, 0.1) is 11.3 Å². The number of para-hydroxylation sites is 1. The molecule has 0 spiro atoms. The smallest absolute Gasteiger partial charge is 0.340 e. The predicted molar refractivity (Wildman–Crippen MR) is 105 cm³/mol. The van der Waals surface area contributed by atoms with Crippen molar-refractivity contribution in [3.05, 3.63) is 29.8 Å². The Hall–Kier alpha value is -0.680. The van der Waals surface area contributed by atoms with Crippen molar-refractivity contribution in [2.24, 2.45) is 0 Å². The monoisotopic (exact) mass is 396 g/mol. The summed E-state index contributed by atoms with van der Waals surface area (Å²) >= 11 is 11.7. The number of esters is 1. The number of nitrogens with zero attached hydrogens (tertiary/aromatic N) is 2. The van der Waals surface area contributed by atoms with Gasteiger partial charge in [-0.05, 0) is 25.2 Å². The predicted octanol–water partition coefficient (Wildman–Crippen LogP) is 3.89. The van der Waals surface area contributed by atoms with Crippen molar-refractivity contribution in [1.82, 2.24) is 4.90 Å². The molecular weight excluding hydrogens is 371 g/mol. The lowest BCUT2D eigenvalue weighted by molar-refractivity contribution is 0.0467. The molecule has 0 fully saturated rings. The van der Waals surface area contributed by atoms with Gasteiger partial charge >= 0.3 is 5.97 Å². The number of rotatable bonds is 11. The number of carbonyl (C=O) groups excluding carboxylic acids is 1. The first kappa shape index (κ1) is 23.3. The molecule has 0 aromatic heterocycles. The maximum absolute atomic E-state index is 12.4. The van der Waals surface area contributed by atoms with Crippen LogP contribution in [0.4, 0.5) is 5.69 Å². The number of ether oxygens (including phenoxy) is 1. The summed E-state index contributed by atoms with van der Waals surface area (Å²) in [6.45, 7) is 8.49. The van der Waals surface area contributed by atoms with Gasteiger partial charge in [-0.25, -0.2) is 4.79 Å². The van der Waals surface area contributed by atoms with Crippen molar-refractivity contribution in [3.8, 4) is 0 Å².